The number of aliphatic hydroxyl groups is 1. The molecule has 22 heavy (non-hydrogen) atoms. The van der Waals surface area contributed by atoms with Gasteiger partial charge in [-0.25, -0.2) is 4.98 Å². The van der Waals surface area contributed by atoms with Crippen LogP contribution in [0.5, 0.6) is 0 Å². The van der Waals surface area contributed by atoms with Crippen LogP contribution in [-0.4, -0.2) is 34.7 Å². The average Bonchev–Trinajstić information content (AvgIpc) is 3.16. The number of nitrogens with one attached hydrogen (secondary N) is 2. The summed E-state index contributed by atoms with van der Waals surface area (Å²) in [6.07, 6.45) is 1.02. The first-order valence-electron chi connectivity index (χ1n) is 7.43. The summed E-state index contributed by atoms with van der Waals surface area (Å²) < 4.78 is 0. The van der Waals surface area contributed by atoms with E-state index < -0.39 is 6.10 Å². The van der Waals surface area contributed by atoms with Crippen molar-refractivity contribution in [3.63, 3.8) is 0 Å². The Bertz CT molecular complexity index is 654. The third-order valence-electron chi connectivity index (χ3n) is 3.82. The van der Waals surface area contributed by atoms with Crippen molar-refractivity contribution in [1.82, 2.24) is 10.3 Å². The minimum atomic E-state index is -0.445. The summed E-state index contributed by atoms with van der Waals surface area (Å²) in [6, 6.07) is 7.95. The number of thiazole rings is 1. The number of nitrogens with zero attached hydrogens (tertiary/aromatic N) is 1. The monoisotopic (exact) mass is 317 g/mol. The summed E-state index contributed by atoms with van der Waals surface area (Å²) >= 11 is 1.41. The number of hydrogen-bond donors (Lipinski definition) is 3. The maximum atomic E-state index is 12.1. The third-order valence-corrected chi connectivity index (χ3v) is 4.57. The fourth-order valence-corrected chi connectivity index (χ4v) is 3.21. The van der Waals surface area contributed by atoms with E-state index in [1.807, 2.05) is 17.5 Å². The number of aromatic nitrogens is 1. The van der Waals surface area contributed by atoms with Crippen molar-refractivity contribution in [2.24, 2.45) is 0 Å². The van der Waals surface area contributed by atoms with E-state index in [9.17, 15) is 9.90 Å². The van der Waals surface area contributed by atoms with Crippen molar-refractivity contribution >= 4 is 22.4 Å². The van der Waals surface area contributed by atoms with Gasteiger partial charge in [-0.05, 0) is 18.4 Å². The molecule has 2 atom stereocenters. The second-order valence-electron chi connectivity index (χ2n) is 5.43. The smallest absolute Gasteiger partial charge is 0.243 e. The number of aliphatic hydroxyl groups excluding tert-OH is 1. The summed E-state index contributed by atoms with van der Waals surface area (Å²) in [6.45, 7) is 2.59. The number of carbonyl (C=O) groups is 1. The van der Waals surface area contributed by atoms with Crippen LogP contribution in [0, 0.1) is 0 Å². The van der Waals surface area contributed by atoms with Crippen LogP contribution in [0.1, 0.15) is 18.9 Å². The van der Waals surface area contributed by atoms with Gasteiger partial charge in [0.25, 0.3) is 0 Å². The number of β-amino-alcohol motifs (C(OH)–C–C–N with tert-alkyl or cyclic N) is 1. The SMILES string of the molecule is CCc1ccc(-c2csc(NC(=O)C3CC(O)CN3)n2)cc1. The molecule has 1 aliphatic rings. The molecule has 0 bridgehead atoms. The normalized spacial score (nSPS) is 21.0. The number of carbonyl (C=O) groups excluding carboxylic acids is 1. The minimum absolute atomic E-state index is 0.140. The molecule has 0 radical (unpaired) electrons. The number of aryl methyl sites for hydroxylation is 1. The van der Waals surface area contributed by atoms with Gasteiger partial charge >= 0.3 is 0 Å². The fraction of sp³-hybridized carbons (Fsp3) is 0.375. The lowest BCUT2D eigenvalue weighted by Crippen LogP contribution is -2.35. The molecule has 2 aromatic rings. The average molecular weight is 317 g/mol. The number of amides is 1. The Balaban J connectivity index is 1.66. The van der Waals surface area contributed by atoms with Crippen molar-refractivity contribution in [2.75, 3.05) is 11.9 Å². The van der Waals surface area contributed by atoms with E-state index in [0.717, 1.165) is 17.7 Å². The predicted molar refractivity (Wildman–Crippen MR) is 88.0 cm³/mol. The predicted octanol–water partition coefficient (Wildman–Crippen LogP) is 2.03. The van der Waals surface area contributed by atoms with E-state index in [0.29, 0.717) is 18.1 Å². The molecular weight excluding hydrogens is 298 g/mol. The first-order valence-corrected chi connectivity index (χ1v) is 8.31. The second kappa shape index (κ2) is 6.56. The topological polar surface area (TPSA) is 74.2 Å². The number of benzene rings is 1. The van der Waals surface area contributed by atoms with E-state index in [1.165, 1.54) is 16.9 Å². The molecule has 5 nitrogen and oxygen atoms in total. The van der Waals surface area contributed by atoms with E-state index in [2.05, 4.69) is 34.7 Å². The van der Waals surface area contributed by atoms with Crippen LogP contribution < -0.4 is 10.6 Å². The van der Waals surface area contributed by atoms with Crippen LogP contribution in [0.4, 0.5) is 5.13 Å². The molecule has 6 heteroatoms. The molecule has 2 unspecified atom stereocenters. The van der Waals surface area contributed by atoms with Gasteiger partial charge in [-0.3, -0.25) is 4.79 Å². The van der Waals surface area contributed by atoms with Crippen molar-refractivity contribution < 1.29 is 9.90 Å². The Kier molecular flexibility index (Phi) is 4.52. The van der Waals surface area contributed by atoms with E-state index >= 15 is 0 Å². The molecule has 1 fully saturated rings. The zero-order valence-corrected chi connectivity index (χ0v) is 13.2. The van der Waals surface area contributed by atoms with Gasteiger partial charge in [0, 0.05) is 17.5 Å². The lowest BCUT2D eigenvalue weighted by molar-refractivity contribution is -0.117. The number of hydrogen-bond acceptors (Lipinski definition) is 5. The maximum absolute atomic E-state index is 12.1. The number of rotatable bonds is 4. The Morgan fingerprint density at radius 3 is 2.86 bits per heavy atom. The maximum Gasteiger partial charge on any atom is 0.243 e. The highest BCUT2D eigenvalue weighted by atomic mass is 32.1. The van der Waals surface area contributed by atoms with Gasteiger partial charge in [0.2, 0.25) is 5.91 Å². The molecular formula is C16H19N3O2S. The van der Waals surface area contributed by atoms with Crippen molar-refractivity contribution in [3.8, 4) is 11.3 Å². The fourth-order valence-electron chi connectivity index (χ4n) is 2.48. The minimum Gasteiger partial charge on any atom is -0.392 e. The molecule has 116 valence electrons. The summed E-state index contributed by atoms with van der Waals surface area (Å²) in [7, 11) is 0. The van der Waals surface area contributed by atoms with Gasteiger partial charge in [0.1, 0.15) is 0 Å². The quantitative estimate of drug-likeness (QED) is 0.807. The van der Waals surface area contributed by atoms with E-state index in [1.54, 1.807) is 0 Å². The van der Waals surface area contributed by atoms with Gasteiger partial charge in [0.05, 0.1) is 17.8 Å². The lowest BCUT2D eigenvalue weighted by Gasteiger charge is -2.08. The molecule has 1 aliphatic heterocycles. The van der Waals surface area contributed by atoms with E-state index in [-0.39, 0.29) is 11.9 Å². The van der Waals surface area contributed by atoms with Crippen LogP contribution in [0.25, 0.3) is 11.3 Å². The zero-order chi connectivity index (χ0) is 15.5. The molecule has 3 rings (SSSR count). The molecule has 2 heterocycles. The number of anilines is 1. The third kappa shape index (κ3) is 3.35. The molecule has 1 aromatic carbocycles. The molecule has 0 saturated carbocycles. The lowest BCUT2D eigenvalue weighted by atomic mass is 10.1. The first-order chi connectivity index (χ1) is 10.7. The molecule has 3 N–H and O–H groups in total. The van der Waals surface area contributed by atoms with Crippen LogP contribution in [0.2, 0.25) is 0 Å². The van der Waals surface area contributed by atoms with Crippen molar-refractivity contribution in [1.29, 1.82) is 0 Å². The first kappa shape index (κ1) is 15.1. The van der Waals surface area contributed by atoms with Crippen LogP contribution in [-0.2, 0) is 11.2 Å². The zero-order valence-electron chi connectivity index (χ0n) is 12.4. The molecule has 1 saturated heterocycles. The van der Waals surface area contributed by atoms with Gasteiger partial charge in [-0.1, -0.05) is 31.2 Å². The highest BCUT2D eigenvalue weighted by molar-refractivity contribution is 7.14. The molecule has 0 spiro atoms. The van der Waals surface area contributed by atoms with Crippen molar-refractivity contribution in [3.05, 3.63) is 35.2 Å². The standard InChI is InChI=1S/C16H19N3O2S/c1-2-10-3-5-11(6-4-10)14-9-22-16(18-14)19-15(21)13-7-12(20)8-17-13/h3-6,9,12-13,17,20H,2,7-8H2,1H3,(H,18,19,21). The molecule has 1 aromatic heterocycles. The van der Waals surface area contributed by atoms with Gasteiger partial charge in [-0.2, -0.15) is 0 Å². The van der Waals surface area contributed by atoms with Gasteiger partial charge in [-0.15, -0.1) is 11.3 Å². The van der Waals surface area contributed by atoms with Gasteiger partial charge in [0.15, 0.2) is 5.13 Å². The summed E-state index contributed by atoms with van der Waals surface area (Å²) in [4.78, 5) is 16.5. The summed E-state index contributed by atoms with van der Waals surface area (Å²) in [5.74, 6) is -0.140. The highest BCUT2D eigenvalue weighted by Crippen LogP contribution is 2.25. The largest absolute Gasteiger partial charge is 0.392 e. The van der Waals surface area contributed by atoms with Crippen molar-refractivity contribution in [2.45, 2.75) is 31.9 Å². The Hall–Kier alpha value is -1.76. The van der Waals surface area contributed by atoms with E-state index in [4.69, 9.17) is 0 Å². The Labute approximate surface area is 133 Å². The molecule has 1 amide bonds. The highest BCUT2D eigenvalue weighted by Gasteiger charge is 2.28. The second-order valence-corrected chi connectivity index (χ2v) is 6.29. The van der Waals surface area contributed by atoms with Crippen LogP contribution in [0.15, 0.2) is 29.6 Å². The van der Waals surface area contributed by atoms with Gasteiger partial charge < -0.3 is 15.7 Å². The Morgan fingerprint density at radius 1 is 1.45 bits per heavy atom. The van der Waals surface area contributed by atoms with Crippen LogP contribution in [0.3, 0.4) is 0 Å². The summed E-state index contributed by atoms with van der Waals surface area (Å²) in [5, 5.41) is 17.8. The summed E-state index contributed by atoms with van der Waals surface area (Å²) in [5.41, 5.74) is 3.20. The Morgan fingerprint density at radius 2 is 2.23 bits per heavy atom. The van der Waals surface area contributed by atoms with Crippen LogP contribution >= 0.6 is 11.3 Å². The molecule has 0 aliphatic carbocycles.